The second-order valence-corrected chi connectivity index (χ2v) is 5.90. The second-order valence-electron chi connectivity index (χ2n) is 5.90. The summed E-state index contributed by atoms with van der Waals surface area (Å²) in [6.45, 7) is 2.07. The third-order valence-electron chi connectivity index (χ3n) is 4.42. The molecule has 0 aromatic heterocycles. The number of amides is 1. The molecule has 0 N–H and O–H groups in total. The van der Waals surface area contributed by atoms with Crippen LogP contribution in [0.2, 0.25) is 0 Å². The Morgan fingerprint density at radius 2 is 1.96 bits per heavy atom. The topological polar surface area (TPSA) is 42.0 Å². The minimum Gasteiger partial charge on any atom is -0.493 e. The highest BCUT2D eigenvalue weighted by Crippen LogP contribution is 2.31. The Kier molecular flexibility index (Phi) is 6.04. The molecule has 1 aromatic carbocycles. The van der Waals surface area contributed by atoms with E-state index in [1.807, 2.05) is 30.1 Å². The largest absolute Gasteiger partial charge is 0.493 e. The van der Waals surface area contributed by atoms with E-state index in [2.05, 4.69) is 11.9 Å². The quantitative estimate of drug-likeness (QED) is 0.781. The predicted octanol–water partition coefficient (Wildman–Crippen LogP) is 2.27. The van der Waals surface area contributed by atoms with Gasteiger partial charge in [-0.3, -0.25) is 4.79 Å². The molecule has 0 unspecified atom stereocenters. The summed E-state index contributed by atoms with van der Waals surface area (Å²) in [5.41, 5.74) is 0.831. The van der Waals surface area contributed by atoms with Gasteiger partial charge < -0.3 is 19.3 Å². The maximum atomic E-state index is 12.4. The molecule has 126 valence electrons. The standard InChI is InChI=1S/C18H26N2O3/c1-19-12-10-15(11-13-19)20(2)17(21)9-8-14-6-5-7-16(22-3)18(14)23-4/h5-9,15H,10-13H2,1-4H3/b9-8-. The van der Waals surface area contributed by atoms with Gasteiger partial charge in [0.25, 0.3) is 0 Å². The summed E-state index contributed by atoms with van der Waals surface area (Å²) in [4.78, 5) is 16.5. The Bertz CT molecular complexity index is 563. The number of likely N-dealkylation sites (tertiary alicyclic amines) is 1. The van der Waals surface area contributed by atoms with Crippen LogP contribution < -0.4 is 9.47 Å². The van der Waals surface area contributed by atoms with Crippen LogP contribution in [0.25, 0.3) is 6.08 Å². The Labute approximate surface area is 138 Å². The van der Waals surface area contributed by atoms with E-state index in [-0.39, 0.29) is 5.91 Å². The molecule has 0 saturated carbocycles. The Hall–Kier alpha value is -2.01. The molecule has 0 spiro atoms. The SMILES string of the molecule is COc1cccc(/C=C\C(=O)N(C)C2CCN(C)CC2)c1OC. The summed E-state index contributed by atoms with van der Waals surface area (Å²) in [5.74, 6) is 1.32. The number of hydrogen-bond acceptors (Lipinski definition) is 4. The van der Waals surface area contributed by atoms with Crippen LogP contribution in [0.1, 0.15) is 18.4 Å². The molecule has 0 radical (unpaired) electrons. The van der Waals surface area contributed by atoms with E-state index in [0.717, 1.165) is 31.5 Å². The van der Waals surface area contributed by atoms with Crippen molar-refractivity contribution in [1.82, 2.24) is 9.80 Å². The molecule has 5 nitrogen and oxygen atoms in total. The number of likely N-dealkylation sites (N-methyl/N-ethyl adjacent to an activating group) is 1. The van der Waals surface area contributed by atoms with Gasteiger partial charge in [0.1, 0.15) is 0 Å². The van der Waals surface area contributed by atoms with Crippen LogP contribution in [0.5, 0.6) is 11.5 Å². The van der Waals surface area contributed by atoms with Gasteiger partial charge in [-0.2, -0.15) is 0 Å². The molecule has 1 saturated heterocycles. The smallest absolute Gasteiger partial charge is 0.246 e. The molecule has 0 bridgehead atoms. The molecule has 1 aliphatic rings. The number of carbonyl (C=O) groups is 1. The fraction of sp³-hybridized carbons (Fsp3) is 0.500. The number of carbonyl (C=O) groups excluding carboxylic acids is 1. The number of rotatable bonds is 5. The molecule has 5 heteroatoms. The van der Waals surface area contributed by atoms with Gasteiger partial charge in [0.05, 0.1) is 14.2 Å². The molecular weight excluding hydrogens is 292 g/mol. The van der Waals surface area contributed by atoms with Crippen molar-refractivity contribution < 1.29 is 14.3 Å². The van der Waals surface area contributed by atoms with Gasteiger partial charge in [-0.25, -0.2) is 0 Å². The Morgan fingerprint density at radius 1 is 1.26 bits per heavy atom. The van der Waals surface area contributed by atoms with Crippen LogP contribution in [-0.2, 0) is 4.79 Å². The molecule has 1 fully saturated rings. The van der Waals surface area contributed by atoms with Crippen molar-refractivity contribution in [3.05, 3.63) is 29.8 Å². The van der Waals surface area contributed by atoms with Crippen LogP contribution in [0.4, 0.5) is 0 Å². The van der Waals surface area contributed by atoms with Gasteiger partial charge in [0, 0.05) is 24.7 Å². The molecular formula is C18H26N2O3. The summed E-state index contributed by atoms with van der Waals surface area (Å²) < 4.78 is 10.7. The van der Waals surface area contributed by atoms with Crippen LogP contribution in [0.3, 0.4) is 0 Å². The molecule has 1 amide bonds. The fourth-order valence-electron chi connectivity index (χ4n) is 2.88. The van der Waals surface area contributed by atoms with Crippen LogP contribution in [0.15, 0.2) is 24.3 Å². The molecule has 1 aromatic rings. The lowest BCUT2D eigenvalue weighted by atomic mass is 10.0. The first-order valence-electron chi connectivity index (χ1n) is 7.91. The minimum atomic E-state index is 0.0180. The van der Waals surface area contributed by atoms with Gasteiger partial charge in [-0.1, -0.05) is 12.1 Å². The van der Waals surface area contributed by atoms with E-state index in [1.54, 1.807) is 26.4 Å². The average Bonchev–Trinajstić information content (AvgIpc) is 2.59. The van der Waals surface area contributed by atoms with Crippen molar-refractivity contribution in [2.75, 3.05) is 41.4 Å². The van der Waals surface area contributed by atoms with E-state index < -0.39 is 0 Å². The van der Waals surface area contributed by atoms with Gasteiger partial charge in [0.15, 0.2) is 11.5 Å². The monoisotopic (exact) mass is 318 g/mol. The van der Waals surface area contributed by atoms with Crippen molar-refractivity contribution in [3.63, 3.8) is 0 Å². The maximum Gasteiger partial charge on any atom is 0.246 e. The van der Waals surface area contributed by atoms with Crippen molar-refractivity contribution in [2.45, 2.75) is 18.9 Å². The van der Waals surface area contributed by atoms with E-state index in [0.29, 0.717) is 17.5 Å². The molecule has 0 aliphatic carbocycles. The zero-order valence-electron chi connectivity index (χ0n) is 14.4. The average molecular weight is 318 g/mol. The lowest BCUT2D eigenvalue weighted by Gasteiger charge is -2.34. The normalized spacial score (nSPS) is 16.5. The lowest BCUT2D eigenvalue weighted by molar-refractivity contribution is -0.127. The molecule has 0 atom stereocenters. The number of hydrogen-bond donors (Lipinski definition) is 0. The number of methoxy groups -OCH3 is 2. The highest BCUT2D eigenvalue weighted by Gasteiger charge is 2.22. The highest BCUT2D eigenvalue weighted by atomic mass is 16.5. The number of piperidine rings is 1. The van der Waals surface area contributed by atoms with Gasteiger partial charge >= 0.3 is 0 Å². The summed E-state index contributed by atoms with van der Waals surface area (Å²) in [6.07, 6.45) is 5.44. The van der Waals surface area contributed by atoms with E-state index >= 15 is 0 Å². The molecule has 1 heterocycles. The van der Waals surface area contributed by atoms with Crippen molar-refractivity contribution in [1.29, 1.82) is 0 Å². The number of para-hydroxylation sites is 1. The first kappa shape index (κ1) is 17.3. The number of nitrogens with zero attached hydrogens (tertiary/aromatic N) is 2. The Balaban J connectivity index is 2.06. The van der Waals surface area contributed by atoms with E-state index in [1.165, 1.54) is 0 Å². The predicted molar refractivity (Wildman–Crippen MR) is 91.9 cm³/mol. The summed E-state index contributed by atoms with van der Waals surface area (Å²) >= 11 is 0. The van der Waals surface area contributed by atoms with Gasteiger partial charge in [-0.15, -0.1) is 0 Å². The van der Waals surface area contributed by atoms with Gasteiger partial charge in [0.2, 0.25) is 5.91 Å². The summed E-state index contributed by atoms with van der Waals surface area (Å²) in [5, 5.41) is 0. The number of ether oxygens (including phenoxy) is 2. The third kappa shape index (κ3) is 4.26. The zero-order chi connectivity index (χ0) is 16.8. The Morgan fingerprint density at radius 3 is 2.57 bits per heavy atom. The third-order valence-corrected chi connectivity index (χ3v) is 4.42. The summed E-state index contributed by atoms with van der Waals surface area (Å²) in [6, 6.07) is 5.94. The van der Waals surface area contributed by atoms with Crippen LogP contribution in [0, 0.1) is 0 Å². The molecule has 2 rings (SSSR count). The number of benzene rings is 1. The highest BCUT2D eigenvalue weighted by molar-refractivity contribution is 5.92. The minimum absolute atomic E-state index is 0.0180. The lowest BCUT2D eigenvalue weighted by Crippen LogP contribution is -2.43. The van der Waals surface area contributed by atoms with Crippen molar-refractivity contribution in [2.24, 2.45) is 0 Å². The van der Waals surface area contributed by atoms with Crippen molar-refractivity contribution >= 4 is 12.0 Å². The first-order chi connectivity index (χ1) is 11.1. The van der Waals surface area contributed by atoms with E-state index in [4.69, 9.17) is 9.47 Å². The molecule has 1 aliphatic heterocycles. The van der Waals surface area contributed by atoms with Crippen LogP contribution in [-0.4, -0.2) is 63.2 Å². The van der Waals surface area contributed by atoms with Crippen LogP contribution >= 0.6 is 0 Å². The first-order valence-corrected chi connectivity index (χ1v) is 7.91. The fourth-order valence-corrected chi connectivity index (χ4v) is 2.88. The van der Waals surface area contributed by atoms with E-state index in [9.17, 15) is 4.79 Å². The maximum absolute atomic E-state index is 12.4. The molecule has 23 heavy (non-hydrogen) atoms. The van der Waals surface area contributed by atoms with Gasteiger partial charge in [-0.05, 0) is 45.1 Å². The zero-order valence-corrected chi connectivity index (χ0v) is 14.4. The van der Waals surface area contributed by atoms with Crippen molar-refractivity contribution in [3.8, 4) is 11.5 Å². The summed E-state index contributed by atoms with van der Waals surface area (Å²) in [7, 11) is 7.20. The second kappa shape index (κ2) is 8.02.